The standard InChI is InChI=1S/C24H29F3N6O2/c1-5-18(24(25,26)27)15(2)19-14-35-20-13-29-23(31-22(20)32(19)3)30-16-7-10-33(11-8-16)17-6-9-28-21(12-17)34-4/h5-6,9,12-13,16,19H,1,7-8,10-11,14H2,2-4H3,(H,29,30,31). The van der Waals surface area contributed by atoms with Crippen molar-refractivity contribution in [2.45, 2.75) is 38.0 Å². The van der Waals surface area contributed by atoms with Crippen molar-refractivity contribution in [1.82, 2.24) is 15.0 Å². The van der Waals surface area contributed by atoms with E-state index in [0.29, 0.717) is 23.4 Å². The van der Waals surface area contributed by atoms with Gasteiger partial charge in [0.05, 0.1) is 24.9 Å². The van der Waals surface area contributed by atoms with Gasteiger partial charge >= 0.3 is 6.18 Å². The zero-order chi connectivity index (χ0) is 25.2. The lowest BCUT2D eigenvalue weighted by Gasteiger charge is -2.37. The molecule has 1 atom stereocenters. The third-order valence-corrected chi connectivity index (χ3v) is 6.49. The molecule has 4 rings (SSSR count). The average molecular weight is 491 g/mol. The van der Waals surface area contributed by atoms with Crippen molar-refractivity contribution in [2.75, 3.05) is 49.0 Å². The molecule has 2 aromatic heterocycles. The van der Waals surface area contributed by atoms with Gasteiger partial charge < -0.3 is 24.6 Å². The molecule has 8 nitrogen and oxygen atoms in total. The molecule has 0 radical (unpaired) electrons. The van der Waals surface area contributed by atoms with E-state index in [-0.39, 0.29) is 18.2 Å². The minimum atomic E-state index is -4.48. The first-order chi connectivity index (χ1) is 16.7. The highest BCUT2D eigenvalue weighted by molar-refractivity contribution is 5.58. The fourth-order valence-corrected chi connectivity index (χ4v) is 4.48. The summed E-state index contributed by atoms with van der Waals surface area (Å²) in [5.41, 5.74) is 0.438. The number of hydrogen-bond donors (Lipinski definition) is 1. The molecule has 1 N–H and O–H groups in total. The van der Waals surface area contributed by atoms with E-state index in [2.05, 4.69) is 31.7 Å². The SMILES string of the molecule is C=CC(=C(C)C1COc2cnc(NC3CCN(c4ccnc(OC)c4)CC3)nc2N1C)C(F)(F)F. The van der Waals surface area contributed by atoms with Gasteiger partial charge in [-0.3, -0.25) is 0 Å². The molecule has 0 amide bonds. The summed E-state index contributed by atoms with van der Waals surface area (Å²) in [6.07, 6.45) is 1.40. The minimum absolute atomic E-state index is 0.0666. The van der Waals surface area contributed by atoms with Gasteiger partial charge in [-0.15, -0.1) is 0 Å². The third kappa shape index (κ3) is 5.28. The van der Waals surface area contributed by atoms with Crippen LogP contribution in [0.5, 0.6) is 11.6 Å². The zero-order valence-corrected chi connectivity index (χ0v) is 20.0. The number of pyridine rings is 1. The Hall–Kier alpha value is -3.50. The maximum absolute atomic E-state index is 13.4. The molecular formula is C24H29F3N6O2. The summed E-state index contributed by atoms with van der Waals surface area (Å²) in [6.45, 7) is 6.54. The zero-order valence-electron chi connectivity index (χ0n) is 20.0. The first kappa shape index (κ1) is 24.6. The van der Waals surface area contributed by atoms with Crippen LogP contribution in [0, 0.1) is 0 Å². The first-order valence-electron chi connectivity index (χ1n) is 11.4. The van der Waals surface area contributed by atoms with E-state index < -0.39 is 17.8 Å². The molecule has 2 aliphatic rings. The average Bonchev–Trinajstić information content (AvgIpc) is 2.84. The van der Waals surface area contributed by atoms with Crippen LogP contribution in [0.2, 0.25) is 0 Å². The van der Waals surface area contributed by atoms with Gasteiger partial charge in [-0.1, -0.05) is 12.7 Å². The summed E-state index contributed by atoms with van der Waals surface area (Å²) < 4.78 is 51.2. The maximum Gasteiger partial charge on any atom is 0.416 e. The number of halogens is 3. The summed E-state index contributed by atoms with van der Waals surface area (Å²) in [5.74, 6) is 1.89. The number of allylic oxidation sites excluding steroid dienone is 2. The molecule has 2 aliphatic heterocycles. The normalized spacial score (nSPS) is 19.4. The number of nitrogens with one attached hydrogen (secondary N) is 1. The minimum Gasteiger partial charge on any atom is -0.486 e. The van der Waals surface area contributed by atoms with Gasteiger partial charge in [0.25, 0.3) is 0 Å². The number of likely N-dealkylation sites (N-methyl/N-ethyl adjacent to an activating group) is 1. The third-order valence-electron chi connectivity index (χ3n) is 6.49. The lowest BCUT2D eigenvalue weighted by molar-refractivity contribution is -0.0892. The summed E-state index contributed by atoms with van der Waals surface area (Å²) in [4.78, 5) is 17.1. The summed E-state index contributed by atoms with van der Waals surface area (Å²) in [7, 11) is 3.31. The van der Waals surface area contributed by atoms with Crippen LogP contribution in [0.3, 0.4) is 0 Å². The second kappa shape index (κ2) is 10.0. The molecular weight excluding hydrogens is 461 g/mol. The molecule has 0 saturated carbocycles. The largest absolute Gasteiger partial charge is 0.486 e. The van der Waals surface area contributed by atoms with E-state index in [0.717, 1.165) is 37.7 Å². The van der Waals surface area contributed by atoms with Crippen molar-refractivity contribution in [3.63, 3.8) is 0 Å². The van der Waals surface area contributed by atoms with Gasteiger partial charge in [0.2, 0.25) is 11.8 Å². The van der Waals surface area contributed by atoms with Crippen LogP contribution in [0.4, 0.5) is 30.6 Å². The Morgan fingerprint density at radius 2 is 2.03 bits per heavy atom. The van der Waals surface area contributed by atoms with Crippen LogP contribution in [0.25, 0.3) is 0 Å². The fourth-order valence-electron chi connectivity index (χ4n) is 4.48. The van der Waals surface area contributed by atoms with Crippen molar-refractivity contribution in [3.05, 3.63) is 48.3 Å². The van der Waals surface area contributed by atoms with E-state index in [1.54, 1.807) is 31.5 Å². The summed E-state index contributed by atoms with van der Waals surface area (Å²) in [5, 5.41) is 3.37. The van der Waals surface area contributed by atoms with E-state index >= 15 is 0 Å². The Balaban J connectivity index is 1.44. The van der Waals surface area contributed by atoms with Crippen molar-refractivity contribution in [1.29, 1.82) is 0 Å². The quantitative estimate of drug-likeness (QED) is 0.604. The van der Waals surface area contributed by atoms with Crippen molar-refractivity contribution < 1.29 is 22.6 Å². The monoisotopic (exact) mass is 490 g/mol. The smallest absolute Gasteiger partial charge is 0.416 e. The van der Waals surface area contributed by atoms with Crippen LogP contribution in [0.15, 0.2) is 48.3 Å². The van der Waals surface area contributed by atoms with Crippen molar-refractivity contribution in [3.8, 4) is 11.6 Å². The Morgan fingerprint density at radius 3 is 2.69 bits per heavy atom. The number of fused-ring (bicyclic) bond motifs is 1. The summed E-state index contributed by atoms with van der Waals surface area (Å²) in [6, 6.07) is 3.42. The molecule has 1 fully saturated rings. The number of aromatic nitrogens is 3. The highest BCUT2D eigenvalue weighted by Crippen LogP contribution is 2.37. The molecule has 2 aromatic rings. The lowest BCUT2D eigenvalue weighted by atomic mass is 10.00. The van der Waals surface area contributed by atoms with Gasteiger partial charge in [-0.05, 0) is 31.4 Å². The Bertz CT molecular complexity index is 1100. The maximum atomic E-state index is 13.4. The molecule has 1 unspecified atom stereocenters. The van der Waals surface area contributed by atoms with Crippen molar-refractivity contribution in [2.24, 2.45) is 0 Å². The Labute approximate surface area is 202 Å². The first-order valence-corrected chi connectivity index (χ1v) is 11.4. The number of hydrogen-bond acceptors (Lipinski definition) is 8. The van der Waals surface area contributed by atoms with Gasteiger partial charge in [-0.25, -0.2) is 9.97 Å². The van der Waals surface area contributed by atoms with Crippen LogP contribution in [-0.4, -0.2) is 67.1 Å². The molecule has 0 aromatic carbocycles. The van der Waals surface area contributed by atoms with Crippen LogP contribution in [-0.2, 0) is 0 Å². The number of rotatable bonds is 6. The second-order valence-corrected chi connectivity index (χ2v) is 8.58. The Kier molecular flexibility index (Phi) is 7.04. The van der Waals surface area contributed by atoms with Crippen LogP contribution < -0.4 is 24.6 Å². The predicted octanol–water partition coefficient (Wildman–Crippen LogP) is 4.22. The predicted molar refractivity (Wildman–Crippen MR) is 128 cm³/mol. The molecule has 4 heterocycles. The number of nitrogens with zero attached hydrogens (tertiary/aromatic N) is 5. The lowest BCUT2D eigenvalue weighted by Crippen LogP contribution is -2.43. The highest BCUT2D eigenvalue weighted by atomic mass is 19.4. The Morgan fingerprint density at radius 1 is 1.29 bits per heavy atom. The van der Waals surface area contributed by atoms with E-state index in [4.69, 9.17) is 9.47 Å². The molecule has 188 valence electrons. The summed E-state index contributed by atoms with van der Waals surface area (Å²) >= 11 is 0. The fraction of sp³-hybridized carbons (Fsp3) is 0.458. The molecule has 35 heavy (non-hydrogen) atoms. The molecule has 0 bridgehead atoms. The highest BCUT2D eigenvalue weighted by Gasteiger charge is 2.37. The number of anilines is 3. The van der Waals surface area contributed by atoms with Gasteiger partial charge in [0.15, 0.2) is 11.6 Å². The topological polar surface area (TPSA) is 75.6 Å². The molecule has 11 heteroatoms. The van der Waals surface area contributed by atoms with Gasteiger partial charge in [0, 0.05) is 44.1 Å². The number of ether oxygens (including phenoxy) is 2. The molecule has 0 spiro atoms. The van der Waals surface area contributed by atoms with Gasteiger partial charge in [-0.2, -0.15) is 18.2 Å². The van der Waals surface area contributed by atoms with Crippen molar-refractivity contribution >= 4 is 17.5 Å². The van der Waals surface area contributed by atoms with E-state index in [9.17, 15) is 13.2 Å². The van der Waals surface area contributed by atoms with Crippen LogP contribution >= 0.6 is 0 Å². The number of methoxy groups -OCH3 is 1. The second-order valence-electron chi connectivity index (χ2n) is 8.58. The molecule has 1 saturated heterocycles. The number of alkyl halides is 3. The van der Waals surface area contributed by atoms with Crippen LogP contribution in [0.1, 0.15) is 19.8 Å². The van der Waals surface area contributed by atoms with E-state index in [1.165, 1.54) is 6.92 Å². The van der Waals surface area contributed by atoms with E-state index in [1.807, 2.05) is 12.1 Å². The number of piperidine rings is 1. The molecule has 0 aliphatic carbocycles. The van der Waals surface area contributed by atoms with Gasteiger partial charge in [0.1, 0.15) is 6.61 Å².